The molecule has 0 saturated heterocycles. The van der Waals surface area contributed by atoms with Crippen molar-refractivity contribution in [3.63, 3.8) is 0 Å². The third-order valence-corrected chi connectivity index (χ3v) is 3.35. The molecule has 0 radical (unpaired) electrons. The minimum absolute atomic E-state index is 0.0634. The van der Waals surface area contributed by atoms with Gasteiger partial charge in [-0.2, -0.15) is 0 Å². The second-order valence-electron chi connectivity index (χ2n) is 3.28. The van der Waals surface area contributed by atoms with E-state index >= 15 is 0 Å². The molecule has 0 amide bonds. The Bertz CT molecular complexity index is 611. The molecule has 0 atom stereocenters. The maximum atomic E-state index is 10.7. The van der Waals surface area contributed by atoms with Crippen LogP contribution < -0.4 is 4.74 Å². The second-order valence-corrected chi connectivity index (χ2v) is 5.27. The molecule has 0 unspecified atom stereocenters. The van der Waals surface area contributed by atoms with E-state index in [1.807, 2.05) is 0 Å². The fourth-order valence-corrected chi connectivity index (χ4v) is 2.43. The van der Waals surface area contributed by atoms with Gasteiger partial charge in [-0.3, -0.25) is 14.9 Å². The molecule has 0 N–H and O–H groups in total. The first-order valence-corrected chi connectivity index (χ1v) is 6.37. The number of carbonyl (C=O) groups is 1. The number of halogens is 1. The van der Waals surface area contributed by atoms with Gasteiger partial charge in [0.2, 0.25) is 0 Å². The summed E-state index contributed by atoms with van der Waals surface area (Å²) in [5.41, 5.74) is -0.0634. The van der Waals surface area contributed by atoms with Gasteiger partial charge in [0.1, 0.15) is 5.75 Å². The summed E-state index contributed by atoms with van der Waals surface area (Å²) in [5, 5.41) is 11.2. The fourth-order valence-electron chi connectivity index (χ4n) is 1.28. The number of aldehydes is 1. The summed E-state index contributed by atoms with van der Waals surface area (Å²) in [4.78, 5) is 21.3. The van der Waals surface area contributed by atoms with E-state index in [0.29, 0.717) is 20.2 Å². The molecule has 92 valence electrons. The normalized spacial score (nSPS) is 10.1. The van der Waals surface area contributed by atoms with Crippen LogP contribution in [0.3, 0.4) is 0 Å². The van der Waals surface area contributed by atoms with Crippen molar-refractivity contribution in [3.8, 4) is 10.8 Å². The molecule has 0 fully saturated rings. The van der Waals surface area contributed by atoms with E-state index in [1.54, 1.807) is 18.2 Å². The van der Waals surface area contributed by atoms with Gasteiger partial charge in [0.05, 0.1) is 15.9 Å². The molecule has 2 rings (SSSR count). The molecular formula is C11H6BrNO4S. The lowest BCUT2D eigenvalue weighted by atomic mass is 10.3. The van der Waals surface area contributed by atoms with Crippen LogP contribution in [-0.2, 0) is 0 Å². The second kappa shape index (κ2) is 5.28. The van der Waals surface area contributed by atoms with Gasteiger partial charge in [-0.15, -0.1) is 0 Å². The van der Waals surface area contributed by atoms with E-state index in [2.05, 4.69) is 15.9 Å². The van der Waals surface area contributed by atoms with Crippen LogP contribution in [0.1, 0.15) is 9.67 Å². The molecule has 1 aromatic carbocycles. The lowest BCUT2D eigenvalue weighted by Crippen LogP contribution is -1.89. The van der Waals surface area contributed by atoms with Crippen LogP contribution in [0.2, 0.25) is 0 Å². The largest absolute Gasteiger partial charge is 0.446 e. The maximum Gasteiger partial charge on any atom is 0.274 e. The predicted molar refractivity (Wildman–Crippen MR) is 70.6 cm³/mol. The van der Waals surface area contributed by atoms with Crippen LogP contribution in [0.15, 0.2) is 34.8 Å². The van der Waals surface area contributed by atoms with Crippen molar-refractivity contribution in [3.05, 3.63) is 49.8 Å². The molecule has 7 heteroatoms. The van der Waals surface area contributed by atoms with Crippen molar-refractivity contribution < 1.29 is 14.5 Å². The van der Waals surface area contributed by atoms with Crippen LogP contribution in [-0.4, -0.2) is 11.2 Å². The Kier molecular flexibility index (Phi) is 3.73. The standard InChI is InChI=1S/C11H6BrNO4S/c12-7-3-8(13(15)16)5-9(4-7)17-11-2-1-10(6-14)18-11/h1-6H. The van der Waals surface area contributed by atoms with Crippen molar-refractivity contribution in [2.45, 2.75) is 0 Å². The number of hydrogen-bond acceptors (Lipinski definition) is 5. The van der Waals surface area contributed by atoms with Crippen LogP contribution in [0.5, 0.6) is 10.8 Å². The Hall–Kier alpha value is -1.73. The monoisotopic (exact) mass is 327 g/mol. The van der Waals surface area contributed by atoms with Crippen LogP contribution >= 0.6 is 27.3 Å². The average molecular weight is 328 g/mol. The zero-order valence-corrected chi connectivity index (χ0v) is 11.2. The highest BCUT2D eigenvalue weighted by Crippen LogP contribution is 2.32. The highest BCUT2D eigenvalue weighted by Gasteiger charge is 2.11. The number of nitrogens with zero attached hydrogens (tertiary/aromatic N) is 1. The van der Waals surface area contributed by atoms with E-state index in [9.17, 15) is 14.9 Å². The number of benzene rings is 1. The van der Waals surface area contributed by atoms with Crippen LogP contribution in [0, 0.1) is 10.1 Å². The van der Waals surface area contributed by atoms with E-state index in [0.717, 1.165) is 6.29 Å². The van der Waals surface area contributed by atoms with Crippen molar-refractivity contribution in [1.82, 2.24) is 0 Å². The van der Waals surface area contributed by atoms with E-state index in [4.69, 9.17) is 4.74 Å². The highest BCUT2D eigenvalue weighted by molar-refractivity contribution is 9.10. The predicted octanol–water partition coefficient (Wildman–Crippen LogP) is 4.02. The average Bonchev–Trinajstić information content (AvgIpc) is 2.76. The molecular weight excluding hydrogens is 322 g/mol. The molecule has 0 aliphatic heterocycles. The van der Waals surface area contributed by atoms with Gasteiger partial charge in [-0.25, -0.2) is 0 Å². The number of thiophene rings is 1. The summed E-state index contributed by atoms with van der Waals surface area (Å²) in [6, 6.07) is 7.59. The molecule has 1 aromatic heterocycles. The topological polar surface area (TPSA) is 69.4 Å². The smallest absolute Gasteiger partial charge is 0.274 e. The van der Waals surface area contributed by atoms with Crippen molar-refractivity contribution in [2.75, 3.05) is 0 Å². The number of rotatable bonds is 4. The summed E-state index contributed by atoms with van der Waals surface area (Å²) >= 11 is 4.35. The SMILES string of the molecule is O=Cc1ccc(Oc2cc(Br)cc([N+](=O)[O-])c2)s1. The Morgan fingerprint density at radius 3 is 2.72 bits per heavy atom. The van der Waals surface area contributed by atoms with E-state index < -0.39 is 4.92 Å². The number of ether oxygens (including phenoxy) is 1. The third-order valence-electron chi connectivity index (χ3n) is 2.00. The summed E-state index contributed by atoms with van der Waals surface area (Å²) in [6.45, 7) is 0. The third kappa shape index (κ3) is 2.93. The molecule has 0 spiro atoms. The van der Waals surface area contributed by atoms with Gasteiger partial charge in [-0.1, -0.05) is 27.3 Å². The van der Waals surface area contributed by atoms with Crippen molar-refractivity contribution >= 4 is 39.2 Å². The molecule has 0 aliphatic carbocycles. The number of hydrogen-bond donors (Lipinski definition) is 0. The van der Waals surface area contributed by atoms with Gasteiger partial charge >= 0.3 is 0 Å². The first kappa shape index (κ1) is 12.7. The van der Waals surface area contributed by atoms with E-state index in [-0.39, 0.29) is 5.69 Å². The van der Waals surface area contributed by atoms with Gasteiger partial charge in [0, 0.05) is 10.5 Å². The molecule has 5 nitrogen and oxygen atoms in total. The molecule has 0 saturated carbocycles. The zero-order valence-electron chi connectivity index (χ0n) is 8.83. The Morgan fingerprint density at radius 2 is 2.11 bits per heavy atom. The number of carbonyl (C=O) groups excluding carboxylic acids is 1. The van der Waals surface area contributed by atoms with E-state index in [1.165, 1.54) is 23.5 Å². The lowest BCUT2D eigenvalue weighted by Gasteiger charge is -2.03. The van der Waals surface area contributed by atoms with Crippen LogP contribution in [0.25, 0.3) is 0 Å². The van der Waals surface area contributed by atoms with Crippen LogP contribution in [0.4, 0.5) is 5.69 Å². The first-order valence-electron chi connectivity index (χ1n) is 4.76. The quantitative estimate of drug-likeness (QED) is 0.483. The zero-order chi connectivity index (χ0) is 13.1. The minimum Gasteiger partial charge on any atom is -0.446 e. The highest BCUT2D eigenvalue weighted by atomic mass is 79.9. The summed E-state index contributed by atoms with van der Waals surface area (Å²) in [5.74, 6) is 0.343. The summed E-state index contributed by atoms with van der Waals surface area (Å²) in [6.07, 6.45) is 0.723. The Labute approximate surface area is 114 Å². The van der Waals surface area contributed by atoms with Crippen molar-refractivity contribution in [2.24, 2.45) is 0 Å². The van der Waals surface area contributed by atoms with Gasteiger partial charge in [0.15, 0.2) is 11.3 Å². The Balaban J connectivity index is 2.28. The molecule has 0 bridgehead atoms. The molecule has 0 aliphatic rings. The lowest BCUT2D eigenvalue weighted by molar-refractivity contribution is -0.385. The number of non-ortho nitro benzene ring substituents is 1. The molecule has 18 heavy (non-hydrogen) atoms. The number of nitro benzene ring substituents is 1. The van der Waals surface area contributed by atoms with Crippen molar-refractivity contribution in [1.29, 1.82) is 0 Å². The minimum atomic E-state index is -0.497. The van der Waals surface area contributed by atoms with Gasteiger partial charge < -0.3 is 4.74 Å². The first-order chi connectivity index (χ1) is 8.58. The molecule has 2 aromatic rings. The molecule has 1 heterocycles. The summed E-state index contributed by atoms with van der Waals surface area (Å²) < 4.78 is 6.01. The van der Waals surface area contributed by atoms with Gasteiger partial charge in [-0.05, 0) is 18.2 Å². The maximum absolute atomic E-state index is 10.7. The summed E-state index contributed by atoms with van der Waals surface area (Å²) in [7, 11) is 0. The fraction of sp³-hybridized carbons (Fsp3) is 0. The van der Waals surface area contributed by atoms with Gasteiger partial charge in [0.25, 0.3) is 5.69 Å². The number of nitro groups is 1. The Morgan fingerprint density at radius 1 is 1.33 bits per heavy atom.